The number of ether oxygens (including phenoxy) is 1. The summed E-state index contributed by atoms with van der Waals surface area (Å²) in [7, 11) is 3.00. The highest BCUT2D eigenvalue weighted by Gasteiger charge is 2.18. The molecular weight excluding hydrogens is 252 g/mol. The van der Waals surface area contributed by atoms with Crippen LogP contribution in [0, 0.1) is 0 Å². The van der Waals surface area contributed by atoms with Crippen molar-refractivity contribution in [2.24, 2.45) is 0 Å². The maximum absolute atomic E-state index is 11.7. The van der Waals surface area contributed by atoms with Gasteiger partial charge in [0.25, 0.3) is 5.91 Å². The van der Waals surface area contributed by atoms with Gasteiger partial charge in [0.1, 0.15) is 6.10 Å². The number of hydrogen-bond donors (Lipinski definition) is 0. The van der Waals surface area contributed by atoms with E-state index < -0.39 is 0 Å². The Morgan fingerprint density at radius 3 is 2.94 bits per heavy atom. The topological polar surface area (TPSA) is 51.7 Å². The fourth-order valence-corrected chi connectivity index (χ4v) is 2.71. The zero-order valence-corrected chi connectivity index (χ0v) is 11.3. The molecular formula is C12H16N2O3S. The highest BCUT2D eigenvalue weighted by molar-refractivity contribution is 7.99. The van der Waals surface area contributed by atoms with E-state index in [4.69, 9.17) is 9.57 Å². The quantitative estimate of drug-likeness (QED) is 0.776. The first-order valence-electron chi connectivity index (χ1n) is 5.73. The van der Waals surface area contributed by atoms with Gasteiger partial charge in [0.2, 0.25) is 5.88 Å². The van der Waals surface area contributed by atoms with Gasteiger partial charge in [0, 0.05) is 25.1 Å². The first-order valence-corrected chi connectivity index (χ1v) is 6.89. The average Bonchev–Trinajstić information content (AvgIpc) is 2.91. The second kappa shape index (κ2) is 6.06. The Morgan fingerprint density at radius 2 is 2.39 bits per heavy atom. The smallest absolute Gasteiger partial charge is 0.278 e. The lowest BCUT2D eigenvalue weighted by molar-refractivity contribution is -0.0757. The Bertz CT molecular complexity index is 404. The normalized spacial score (nSPS) is 18.7. The van der Waals surface area contributed by atoms with Crippen LogP contribution in [0.1, 0.15) is 16.8 Å². The van der Waals surface area contributed by atoms with Crippen LogP contribution in [-0.4, -0.2) is 47.7 Å². The lowest BCUT2D eigenvalue weighted by atomic mass is 10.2. The van der Waals surface area contributed by atoms with E-state index in [0.717, 1.165) is 23.0 Å². The lowest BCUT2D eigenvalue weighted by Crippen LogP contribution is -2.25. The van der Waals surface area contributed by atoms with E-state index in [2.05, 4.69) is 4.98 Å². The minimum atomic E-state index is -0.229. The van der Waals surface area contributed by atoms with Crippen molar-refractivity contribution in [2.45, 2.75) is 12.5 Å². The number of aromatic nitrogens is 1. The Balaban J connectivity index is 1.98. The number of pyridine rings is 1. The number of nitrogens with zero attached hydrogens (tertiary/aromatic N) is 2. The molecule has 1 aromatic rings. The molecule has 1 atom stereocenters. The van der Waals surface area contributed by atoms with Crippen molar-refractivity contribution in [3.05, 3.63) is 23.9 Å². The minimum Gasteiger partial charge on any atom is -0.473 e. The molecule has 1 fully saturated rings. The predicted octanol–water partition coefficient (Wildman–Crippen LogP) is 1.60. The molecule has 18 heavy (non-hydrogen) atoms. The van der Waals surface area contributed by atoms with Crippen molar-refractivity contribution >= 4 is 17.7 Å². The van der Waals surface area contributed by atoms with Crippen molar-refractivity contribution in [2.75, 3.05) is 25.7 Å². The van der Waals surface area contributed by atoms with E-state index in [1.165, 1.54) is 13.3 Å². The van der Waals surface area contributed by atoms with Crippen LogP contribution in [-0.2, 0) is 4.84 Å². The molecule has 1 saturated heterocycles. The Morgan fingerprint density at radius 1 is 1.56 bits per heavy atom. The van der Waals surface area contributed by atoms with Gasteiger partial charge in [-0.2, -0.15) is 11.8 Å². The highest BCUT2D eigenvalue weighted by atomic mass is 32.2. The molecule has 0 aromatic carbocycles. The van der Waals surface area contributed by atoms with E-state index in [-0.39, 0.29) is 12.0 Å². The third-order valence-electron chi connectivity index (χ3n) is 2.72. The van der Waals surface area contributed by atoms with Crippen molar-refractivity contribution in [1.82, 2.24) is 10.0 Å². The van der Waals surface area contributed by atoms with Crippen LogP contribution >= 0.6 is 11.8 Å². The molecule has 0 bridgehead atoms. The summed E-state index contributed by atoms with van der Waals surface area (Å²) in [6.45, 7) is 0. The maximum Gasteiger partial charge on any atom is 0.278 e. The number of hydrogen-bond acceptors (Lipinski definition) is 5. The largest absolute Gasteiger partial charge is 0.473 e. The summed E-state index contributed by atoms with van der Waals surface area (Å²) in [5.74, 6) is 2.49. The van der Waals surface area contributed by atoms with Gasteiger partial charge in [-0.15, -0.1) is 0 Å². The third-order valence-corrected chi connectivity index (χ3v) is 3.85. The number of carbonyl (C=O) groups excluding carboxylic acids is 1. The number of amides is 1. The Labute approximate surface area is 110 Å². The molecule has 5 nitrogen and oxygen atoms in total. The van der Waals surface area contributed by atoms with E-state index in [0.29, 0.717) is 11.4 Å². The van der Waals surface area contributed by atoms with Crippen LogP contribution in [0.5, 0.6) is 5.88 Å². The van der Waals surface area contributed by atoms with Crippen LogP contribution in [0.4, 0.5) is 0 Å². The minimum absolute atomic E-state index is 0.229. The molecule has 1 aliphatic rings. The van der Waals surface area contributed by atoms with Crippen molar-refractivity contribution in [3.63, 3.8) is 0 Å². The summed E-state index contributed by atoms with van der Waals surface area (Å²) in [6, 6.07) is 3.42. The molecule has 0 spiro atoms. The molecule has 98 valence electrons. The number of thioether (sulfide) groups is 1. The van der Waals surface area contributed by atoms with Crippen LogP contribution in [0.3, 0.4) is 0 Å². The summed E-state index contributed by atoms with van der Waals surface area (Å²) in [5, 5.41) is 1.16. The molecule has 0 aliphatic carbocycles. The predicted molar refractivity (Wildman–Crippen MR) is 69.7 cm³/mol. The monoisotopic (exact) mass is 268 g/mol. The molecule has 2 rings (SSSR count). The maximum atomic E-state index is 11.7. The van der Waals surface area contributed by atoms with Gasteiger partial charge in [-0.25, -0.2) is 10.0 Å². The molecule has 0 unspecified atom stereocenters. The van der Waals surface area contributed by atoms with E-state index in [9.17, 15) is 4.79 Å². The van der Waals surface area contributed by atoms with Crippen LogP contribution in [0.25, 0.3) is 0 Å². The summed E-state index contributed by atoms with van der Waals surface area (Å²) in [6.07, 6.45) is 2.81. The molecule has 0 saturated carbocycles. The molecule has 1 aliphatic heterocycles. The SMILES string of the molecule is CON(C)C(=O)c1ccc(O[C@H]2CCSC2)nc1. The molecule has 0 N–H and O–H groups in total. The standard InChI is InChI=1S/C12H16N2O3S/c1-14(16-2)12(15)9-3-4-11(13-7-9)17-10-5-6-18-8-10/h3-4,7,10H,5-6,8H2,1-2H3/t10-/m0/s1. The van der Waals surface area contributed by atoms with Crippen LogP contribution in [0.2, 0.25) is 0 Å². The number of hydroxylamine groups is 2. The van der Waals surface area contributed by atoms with Gasteiger partial charge in [-0.3, -0.25) is 9.63 Å². The second-order valence-electron chi connectivity index (χ2n) is 3.97. The molecule has 6 heteroatoms. The molecule has 1 aromatic heterocycles. The summed E-state index contributed by atoms with van der Waals surface area (Å²) < 4.78 is 5.71. The van der Waals surface area contributed by atoms with Gasteiger partial charge >= 0.3 is 0 Å². The first-order chi connectivity index (χ1) is 8.70. The van der Waals surface area contributed by atoms with E-state index >= 15 is 0 Å². The molecule has 1 amide bonds. The second-order valence-corrected chi connectivity index (χ2v) is 5.12. The van der Waals surface area contributed by atoms with Gasteiger partial charge < -0.3 is 4.74 Å². The highest BCUT2D eigenvalue weighted by Crippen LogP contribution is 2.22. The van der Waals surface area contributed by atoms with Gasteiger partial charge in [-0.05, 0) is 18.2 Å². The lowest BCUT2D eigenvalue weighted by Gasteiger charge is -2.14. The third kappa shape index (κ3) is 3.14. The fourth-order valence-electron chi connectivity index (χ4n) is 1.62. The zero-order valence-electron chi connectivity index (χ0n) is 10.5. The summed E-state index contributed by atoms with van der Waals surface area (Å²) in [4.78, 5) is 20.7. The van der Waals surface area contributed by atoms with Crippen molar-refractivity contribution in [3.8, 4) is 5.88 Å². The Kier molecular flexibility index (Phi) is 4.43. The van der Waals surface area contributed by atoms with Crippen molar-refractivity contribution in [1.29, 1.82) is 0 Å². The van der Waals surface area contributed by atoms with Gasteiger partial charge in [0.05, 0.1) is 12.7 Å². The molecule has 2 heterocycles. The summed E-state index contributed by atoms with van der Waals surface area (Å²) in [5.41, 5.74) is 0.479. The number of rotatable bonds is 4. The summed E-state index contributed by atoms with van der Waals surface area (Å²) >= 11 is 1.89. The average molecular weight is 268 g/mol. The van der Waals surface area contributed by atoms with Crippen LogP contribution < -0.4 is 4.74 Å². The fraction of sp³-hybridized carbons (Fsp3) is 0.500. The first kappa shape index (κ1) is 13.2. The zero-order chi connectivity index (χ0) is 13.0. The molecule has 0 radical (unpaired) electrons. The van der Waals surface area contributed by atoms with Gasteiger partial charge in [0.15, 0.2) is 0 Å². The van der Waals surface area contributed by atoms with E-state index in [1.54, 1.807) is 19.2 Å². The van der Waals surface area contributed by atoms with Crippen molar-refractivity contribution < 1.29 is 14.4 Å². The van der Waals surface area contributed by atoms with E-state index in [1.807, 2.05) is 11.8 Å². The number of carbonyl (C=O) groups is 1. The van der Waals surface area contributed by atoms with Gasteiger partial charge in [-0.1, -0.05) is 0 Å². The Hall–Kier alpha value is -1.27. The van der Waals surface area contributed by atoms with Crippen LogP contribution in [0.15, 0.2) is 18.3 Å².